The average molecular weight is 363 g/mol. The molecular formula is C17H21N3O4S. The molecule has 7 nitrogen and oxygen atoms in total. The summed E-state index contributed by atoms with van der Waals surface area (Å²) in [5, 5.41) is 0.546. The molecule has 3 rings (SSSR count). The zero-order valence-electron chi connectivity index (χ0n) is 14.1. The lowest BCUT2D eigenvalue weighted by Crippen LogP contribution is -2.37. The Morgan fingerprint density at radius 2 is 2.12 bits per heavy atom. The molecule has 0 aliphatic carbocycles. The summed E-state index contributed by atoms with van der Waals surface area (Å²) < 4.78 is 23.1. The maximum atomic E-state index is 12.2. The number of aromatic amines is 1. The molecule has 0 bridgehead atoms. The summed E-state index contributed by atoms with van der Waals surface area (Å²) in [5.74, 6) is 0.680. The molecule has 1 aromatic carbocycles. The summed E-state index contributed by atoms with van der Waals surface area (Å²) in [6.45, 7) is 0. The van der Waals surface area contributed by atoms with Gasteiger partial charge in [-0.2, -0.15) is 0 Å². The van der Waals surface area contributed by atoms with Crippen molar-refractivity contribution in [3.63, 3.8) is 0 Å². The Balaban J connectivity index is 1.57. The normalized spacial score (nSPS) is 19.2. The third-order valence-electron chi connectivity index (χ3n) is 4.62. The summed E-state index contributed by atoms with van der Waals surface area (Å²) in [5.41, 5.74) is 0.459. The second-order valence-corrected chi connectivity index (χ2v) is 8.67. The minimum absolute atomic E-state index is 0.0504. The number of hydrogen-bond donors (Lipinski definition) is 1. The minimum atomic E-state index is -3.01. The monoisotopic (exact) mass is 363 g/mol. The number of carbonyl (C=O) groups is 1. The van der Waals surface area contributed by atoms with Crippen molar-refractivity contribution in [1.82, 2.24) is 14.9 Å². The number of fused-ring (bicyclic) bond motifs is 1. The summed E-state index contributed by atoms with van der Waals surface area (Å²) >= 11 is 0. The van der Waals surface area contributed by atoms with Crippen LogP contribution in [0.3, 0.4) is 0 Å². The lowest BCUT2D eigenvalue weighted by atomic mass is 10.1. The molecule has 2 aromatic rings. The fourth-order valence-corrected chi connectivity index (χ4v) is 4.90. The van der Waals surface area contributed by atoms with Crippen LogP contribution in [0.4, 0.5) is 0 Å². The Morgan fingerprint density at radius 1 is 1.36 bits per heavy atom. The molecule has 1 atom stereocenters. The van der Waals surface area contributed by atoms with Gasteiger partial charge in [0, 0.05) is 25.9 Å². The number of sulfone groups is 1. The first-order chi connectivity index (χ1) is 11.9. The maximum Gasteiger partial charge on any atom is 0.258 e. The molecule has 1 saturated heterocycles. The Kier molecular flexibility index (Phi) is 4.89. The highest BCUT2D eigenvalue weighted by Gasteiger charge is 2.32. The molecule has 1 N–H and O–H groups in total. The standard InChI is InChI=1S/C17H21N3O4S/c1-20(12-9-10-25(23,24)11-12)16(21)8-4-7-15-18-14-6-3-2-5-13(14)17(22)19-15/h2-3,5-6,12H,4,7-11H2,1H3,(H,18,19,22)/t12-/m1/s1. The summed E-state index contributed by atoms with van der Waals surface area (Å²) in [6.07, 6.45) is 1.83. The Hall–Kier alpha value is -2.22. The first-order valence-corrected chi connectivity index (χ1v) is 10.1. The van der Waals surface area contributed by atoms with E-state index in [1.165, 1.54) is 0 Å². The summed E-state index contributed by atoms with van der Waals surface area (Å²) in [6, 6.07) is 6.90. The second kappa shape index (κ2) is 6.95. The largest absolute Gasteiger partial charge is 0.342 e. The number of nitrogens with zero attached hydrogens (tertiary/aromatic N) is 2. The molecule has 2 heterocycles. The van der Waals surface area contributed by atoms with Gasteiger partial charge >= 0.3 is 0 Å². The predicted octanol–water partition coefficient (Wildman–Crippen LogP) is 0.891. The van der Waals surface area contributed by atoms with Gasteiger partial charge in [0.1, 0.15) is 5.82 Å². The molecule has 134 valence electrons. The van der Waals surface area contributed by atoms with Crippen LogP contribution in [0, 0.1) is 0 Å². The van der Waals surface area contributed by atoms with Crippen LogP contribution >= 0.6 is 0 Å². The Morgan fingerprint density at radius 3 is 2.84 bits per heavy atom. The molecular weight excluding hydrogens is 342 g/mol. The van der Waals surface area contributed by atoms with Crippen molar-refractivity contribution in [1.29, 1.82) is 0 Å². The van der Waals surface area contributed by atoms with Crippen LogP contribution in [0.1, 0.15) is 25.1 Å². The van der Waals surface area contributed by atoms with E-state index in [1.54, 1.807) is 30.1 Å². The van der Waals surface area contributed by atoms with Crippen molar-refractivity contribution in [3.05, 3.63) is 40.4 Å². The molecule has 0 radical (unpaired) electrons. The predicted molar refractivity (Wildman–Crippen MR) is 95.1 cm³/mol. The average Bonchev–Trinajstić information content (AvgIpc) is 2.94. The first kappa shape index (κ1) is 17.6. The van der Waals surface area contributed by atoms with Gasteiger partial charge in [-0.05, 0) is 25.0 Å². The number of carbonyl (C=O) groups excluding carboxylic acids is 1. The highest BCUT2D eigenvalue weighted by Crippen LogP contribution is 2.17. The summed E-state index contributed by atoms with van der Waals surface area (Å²) in [4.78, 5) is 33.0. The number of benzene rings is 1. The van der Waals surface area contributed by atoms with Gasteiger partial charge in [0.15, 0.2) is 9.84 Å². The number of aryl methyl sites for hydroxylation is 1. The second-order valence-electron chi connectivity index (χ2n) is 6.44. The quantitative estimate of drug-likeness (QED) is 0.850. The Bertz CT molecular complexity index is 952. The number of nitrogens with one attached hydrogen (secondary N) is 1. The molecule has 0 unspecified atom stereocenters. The van der Waals surface area contributed by atoms with E-state index in [-0.39, 0.29) is 29.0 Å². The lowest BCUT2D eigenvalue weighted by molar-refractivity contribution is -0.131. The van der Waals surface area contributed by atoms with E-state index >= 15 is 0 Å². The highest BCUT2D eigenvalue weighted by molar-refractivity contribution is 7.91. The van der Waals surface area contributed by atoms with Crippen molar-refractivity contribution in [2.45, 2.75) is 31.7 Å². The molecule has 1 aliphatic rings. The van der Waals surface area contributed by atoms with Gasteiger partial charge in [-0.1, -0.05) is 12.1 Å². The molecule has 8 heteroatoms. The molecule has 1 amide bonds. The van der Waals surface area contributed by atoms with E-state index in [4.69, 9.17) is 0 Å². The summed E-state index contributed by atoms with van der Waals surface area (Å²) in [7, 11) is -1.35. The molecule has 1 fully saturated rings. The molecule has 0 saturated carbocycles. The van der Waals surface area contributed by atoms with Crippen LogP contribution in [0.2, 0.25) is 0 Å². The van der Waals surface area contributed by atoms with E-state index in [0.717, 1.165) is 0 Å². The minimum Gasteiger partial charge on any atom is -0.342 e. The third kappa shape index (κ3) is 4.07. The van der Waals surface area contributed by atoms with E-state index in [0.29, 0.717) is 42.4 Å². The fraction of sp³-hybridized carbons (Fsp3) is 0.471. The number of rotatable bonds is 5. The number of amides is 1. The van der Waals surface area contributed by atoms with Crippen LogP contribution < -0.4 is 5.56 Å². The number of H-pyrrole nitrogens is 1. The van der Waals surface area contributed by atoms with E-state index in [9.17, 15) is 18.0 Å². The molecule has 0 spiro atoms. The number of hydrogen-bond acceptors (Lipinski definition) is 5. The van der Waals surface area contributed by atoms with Crippen molar-refractivity contribution in [3.8, 4) is 0 Å². The number of aromatic nitrogens is 2. The van der Waals surface area contributed by atoms with E-state index < -0.39 is 9.84 Å². The van der Waals surface area contributed by atoms with Crippen LogP contribution in [0.5, 0.6) is 0 Å². The van der Waals surface area contributed by atoms with Crippen LogP contribution in [-0.4, -0.2) is 53.8 Å². The van der Waals surface area contributed by atoms with Gasteiger partial charge in [-0.15, -0.1) is 0 Å². The molecule has 25 heavy (non-hydrogen) atoms. The van der Waals surface area contributed by atoms with Crippen molar-refractivity contribution in [2.75, 3.05) is 18.6 Å². The van der Waals surface area contributed by atoms with Gasteiger partial charge in [-0.25, -0.2) is 13.4 Å². The smallest absolute Gasteiger partial charge is 0.258 e. The molecule has 1 aliphatic heterocycles. The van der Waals surface area contributed by atoms with Crippen LogP contribution in [-0.2, 0) is 21.1 Å². The number of para-hydroxylation sites is 1. The highest BCUT2D eigenvalue weighted by atomic mass is 32.2. The zero-order chi connectivity index (χ0) is 18.0. The Labute approximate surface area is 146 Å². The first-order valence-electron chi connectivity index (χ1n) is 8.30. The van der Waals surface area contributed by atoms with E-state index in [1.807, 2.05) is 6.07 Å². The van der Waals surface area contributed by atoms with Gasteiger partial charge in [0.25, 0.3) is 5.56 Å². The topological polar surface area (TPSA) is 100 Å². The van der Waals surface area contributed by atoms with Crippen molar-refractivity contribution < 1.29 is 13.2 Å². The van der Waals surface area contributed by atoms with Crippen molar-refractivity contribution in [2.24, 2.45) is 0 Å². The fourth-order valence-electron chi connectivity index (χ4n) is 3.12. The van der Waals surface area contributed by atoms with Gasteiger partial charge in [0.05, 0.1) is 22.4 Å². The third-order valence-corrected chi connectivity index (χ3v) is 6.37. The SMILES string of the molecule is CN(C(=O)CCCc1nc2ccccc2c(=O)[nH]1)[C@@H]1CCS(=O)(=O)C1. The van der Waals surface area contributed by atoms with Crippen LogP contribution in [0.15, 0.2) is 29.1 Å². The van der Waals surface area contributed by atoms with Gasteiger partial charge in [-0.3, -0.25) is 9.59 Å². The lowest BCUT2D eigenvalue weighted by Gasteiger charge is -2.23. The van der Waals surface area contributed by atoms with E-state index in [2.05, 4.69) is 9.97 Å². The van der Waals surface area contributed by atoms with Gasteiger partial charge in [0.2, 0.25) is 5.91 Å². The maximum absolute atomic E-state index is 12.2. The van der Waals surface area contributed by atoms with Crippen LogP contribution in [0.25, 0.3) is 10.9 Å². The van der Waals surface area contributed by atoms with Gasteiger partial charge < -0.3 is 9.88 Å². The zero-order valence-corrected chi connectivity index (χ0v) is 14.9. The molecule has 1 aromatic heterocycles. The van der Waals surface area contributed by atoms with Crippen molar-refractivity contribution >= 4 is 26.6 Å².